The molecule has 5 nitrogen and oxygen atoms in total. The lowest BCUT2D eigenvalue weighted by Gasteiger charge is -2.34. The first-order chi connectivity index (χ1) is 15.8. The SMILES string of the molecule is CC(C)(C)OP(=O)(OC(C)(C)C)C(O)c1cccc(OCc2ccc(-c3ccccc3)cc2)c1. The molecule has 0 aliphatic rings. The van der Waals surface area contributed by atoms with Crippen molar-refractivity contribution >= 4 is 7.60 Å². The van der Waals surface area contributed by atoms with Gasteiger partial charge in [-0.1, -0.05) is 66.7 Å². The molecule has 0 radical (unpaired) electrons. The molecule has 0 bridgehead atoms. The van der Waals surface area contributed by atoms with E-state index in [0.717, 1.165) is 16.7 Å². The molecule has 0 fully saturated rings. The summed E-state index contributed by atoms with van der Waals surface area (Å²) in [7, 11) is -3.91. The van der Waals surface area contributed by atoms with Crippen LogP contribution in [-0.2, 0) is 20.2 Å². The third-order valence-corrected chi connectivity index (χ3v) is 7.23. The van der Waals surface area contributed by atoms with Crippen LogP contribution in [0.5, 0.6) is 5.75 Å². The first-order valence-electron chi connectivity index (χ1n) is 11.4. The molecule has 1 N–H and O–H groups in total. The summed E-state index contributed by atoms with van der Waals surface area (Å²) in [5.74, 6) is -0.888. The summed E-state index contributed by atoms with van der Waals surface area (Å²) in [5, 5.41) is 11.0. The van der Waals surface area contributed by atoms with Crippen molar-refractivity contribution in [2.75, 3.05) is 0 Å². The molecule has 0 amide bonds. The van der Waals surface area contributed by atoms with Crippen molar-refractivity contribution in [1.29, 1.82) is 0 Å². The Bertz CT molecular complexity index is 1090. The van der Waals surface area contributed by atoms with E-state index in [9.17, 15) is 9.67 Å². The van der Waals surface area contributed by atoms with Crippen LogP contribution in [0.25, 0.3) is 11.1 Å². The second-order valence-corrected chi connectivity index (χ2v) is 12.2. The Morgan fingerprint density at radius 1 is 0.765 bits per heavy atom. The summed E-state index contributed by atoms with van der Waals surface area (Å²) < 4.78 is 31.2. The molecule has 182 valence electrons. The normalized spacial score (nSPS) is 13.5. The average Bonchev–Trinajstić information content (AvgIpc) is 2.76. The predicted molar refractivity (Wildman–Crippen MR) is 137 cm³/mol. The molecule has 0 aliphatic heterocycles. The van der Waals surface area contributed by atoms with E-state index in [1.807, 2.05) is 30.3 Å². The molecule has 0 aromatic heterocycles. The van der Waals surface area contributed by atoms with Crippen LogP contribution >= 0.6 is 7.60 Å². The van der Waals surface area contributed by atoms with E-state index in [1.54, 1.807) is 65.8 Å². The van der Waals surface area contributed by atoms with E-state index in [-0.39, 0.29) is 0 Å². The lowest BCUT2D eigenvalue weighted by Crippen LogP contribution is -2.26. The van der Waals surface area contributed by atoms with Crippen LogP contribution in [0.15, 0.2) is 78.9 Å². The molecule has 1 unspecified atom stereocenters. The maximum Gasteiger partial charge on any atom is 0.364 e. The first kappa shape index (κ1) is 26.2. The van der Waals surface area contributed by atoms with Crippen molar-refractivity contribution in [1.82, 2.24) is 0 Å². The van der Waals surface area contributed by atoms with Crippen molar-refractivity contribution < 1.29 is 23.5 Å². The molecule has 3 aromatic carbocycles. The maximum absolute atomic E-state index is 13.6. The highest BCUT2D eigenvalue weighted by Gasteiger charge is 2.42. The molecular formula is C28H35O5P. The Balaban J connectivity index is 1.73. The number of ether oxygens (including phenoxy) is 1. The number of rotatable bonds is 8. The topological polar surface area (TPSA) is 65.0 Å². The van der Waals surface area contributed by atoms with Crippen molar-refractivity contribution in [2.24, 2.45) is 0 Å². The van der Waals surface area contributed by atoms with E-state index in [0.29, 0.717) is 17.9 Å². The van der Waals surface area contributed by atoms with Gasteiger partial charge in [0, 0.05) is 0 Å². The summed E-state index contributed by atoms with van der Waals surface area (Å²) >= 11 is 0. The van der Waals surface area contributed by atoms with Crippen LogP contribution < -0.4 is 4.74 Å². The van der Waals surface area contributed by atoms with Gasteiger partial charge in [-0.25, -0.2) is 0 Å². The third kappa shape index (κ3) is 7.54. The van der Waals surface area contributed by atoms with E-state index < -0.39 is 24.6 Å². The minimum absolute atomic E-state index is 0.364. The fraction of sp³-hybridized carbons (Fsp3) is 0.357. The number of hydrogen-bond donors (Lipinski definition) is 1. The van der Waals surface area contributed by atoms with Crippen molar-refractivity contribution in [2.45, 2.75) is 65.2 Å². The molecule has 3 rings (SSSR count). The molecule has 0 spiro atoms. The molecule has 0 heterocycles. The van der Waals surface area contributed by atoms with Gasteiger partial charge in [0.15, 0.2) is 5.85 Å². The molecule has 6 heteroatoms. The zero-order chi connectivity index (χ0) is 25.0. The van der Waals surface area contributed by atoms with Gasteiger partial charge >= 0.3 is 7.60 Å². The van der Waals surface area contributed by atoms with Crippen molar-refractivity contribution in [3.63, 3.8) is 0 Å². The summed E-state index contributed by atoms with van der Waals surface area (Å²) in [6.45, 7) is 11.0. The van der Waals surface area contributed by atoms with E-state index in [4.69, 9.17) is 13.8 Å². The minimum Gasteiger partial charge on any atom is -0.489 e. The largest absolute Gasteiger partial charge is 0.489 e. The minimum atomic E-state index is -3.91. The summed E-state index contributed by atoms with van der Waals surface area (Å²) in [6, 6.07) is 25.3. The fourth-order valence-corrected chi connectivity index (χ4v) is 5.71. The van der Waals surface area contributed by atoms with Crippen LogP contribution in [0.2, 0.25) is 0 Å². The molecule has 0 saturated carbocycles. The van der Waals surface area contributed by atoms with Crippen LogP contribution in [-0.4, -0.2) is 16.3 Å². The molecule has 34 heavy (non-hydrogen) atoms. The van der Waals surface area contributed by atoms with Gasteiger partial charge in [-0.3, -0.25) is 4.57 Å². The quantitative estimate of drug-likeness (QED) is 0.333. The number of benzene rings is 3. The van der Waals surface area contributed by atoms with Gasteiger partial charge in [-0.2, -0.15) is 0 Å². The fourth-order valence-electron chi connectivity index (χ4n) is 3.42. The lowest BCUT2D eigenvalue weighted by molar-refractivity contribution is 0.0271. The van der Waals surface area contributed by atoms with Crippen LogP contribution in [0.3, 0.4) is 0 Å². The van der Waals surface area contributed by atoms with E-state index in [1.165, 1.54) is 0 Å². The number of aliphatic hydroxyl groups excluding tert-OH is 1. The molecular weight excluding hydrogens is 447 g/mol. The van der Waals surface area contributed by atoms with Crippen LogP contribution in [0.1, 0.15) is 58.5 Å². The monoisotopic (exact) mass is 482 g/mol. The lowest BCUT2D eigenvalue weighted by atomic mass is 10.0. The smallest absolute Gasteiger partial charge is 0.364 e. The number of hydrogen-bond acceptors (Lipinski definition) is 5. The van der Waals surface area contributed by atoms with Crippen LogP contribution in [0, 0.1) is 0 Å². The van der Waals surface area contributed by atoms with Gasteiger partial charge in [-0.05, 0) is 75.9 Å². The molecule has 0 saturated heterocycles. The second kappa shape index (κ2) is 10.5. The predicted octanol–water partition coefficient (Wildman–Crippen LogP) is 7.75. The highest BCUT2D eigenvalue weighted by Crippen LogP contribution is 2.63. The molecule has 1 atom stereocenters. The zero-order valence-electron chi connectivity index (χ0n) is 20.8. The standard InChI is InChI=1S/C28H35O5P/c1-27(2,3)32-34(30,33-28(4,5)6)26(29)24-13-10-14-25(19-24)31-20-21-15-17-23(18-16-21)22-11-8-7-9-12-22/h7-19,26,29H,20H2,1-6H3. The maximum atomic E-state index is 13.6. The Hall–Kier alpha value is -2.43. The Labute approximate surface area is 203 Å². The van der Waals surface area contributed by atoms with Gasteiger partial charge in [0.1, 0.15) is 12.4 Å². The van der Waals surface area contributed by atoms with Gasteiger partial charge < -0.3 is 18.9 Å². The Kier molecular flexibility index (Phi) is 8.05. The first-order valence-corrected chi connectivity index (χ1v) is 13.0. The average molecular weight is 483 g/mol. The summed E-state index contributed by atoms with van der Waals surface area (Å²) in [5.41, 5.74) is 2.21. The Morgan fingerprint density at radius 2 is 1.32 bits per heavy atom. The zero-order valence-corrected chi connectivity index (χ0v) is 21.7. The van der Waals surface area contributed by atoms with Gasteiger partial charge in [0.2, 0.25) is 0 Å². The summed E-state index contributed by atoms with van der Waals surface area (Å²) in [6.07, 6.45) is 0. The van der Waals surface area contributed by atoms with E-state index >= 15 is 0 Å². The van der Waals surface area contributed by atoms with Gasteiger partial charge in [-0.15, -0.1) is 0 Å². The second-order valence-electron chi connectivity index (χ2n) is 10.2. The van der Waals surface area contributed by atoms with Crippen LogP contribution in [0.4, 0.5) is 0 Å². The van der Waals surface area contributed by atoms with Gasteiger partial charge in [0.25, 0.3) is 0 Å². The van der Waals surface area contributed by atoms with Crippen molar-refractivity contribution in [3.05, 3.63) is 90.0 Å². The molecule has 0 aliphatic carbocycles. The highest BCUT2D eigenvalue weighted by molar-refractivity contribution is 7.54. The highest BCUT2D eigenvalue weighted by atomic mass is 31.2. The molecule has 3 aromatic rings. The van der Waals surface area contributed by atoms with Crippen molar-refractivity contribution in [3.8, 4) is 16.9 Å². The third-order valence-electron chi connectivity index (χ3n) is 4.72. The summed E-state index contributed by atoms with van der Waals surface area (Å²) in [4.78, 5) is 0. The van der Waals surface area contributed by atoms with Gasteiger partial charge in [0.05, 0.1) is 11.2 Å². The van der Waals surface area contributed by atoms with E-state index in [2.05, 4.69) is 24.3 Å². The Morgan fingerprint density at radius 3 is 1.88 bits per heavy atom. The number of aliphatic hydroxyl groups is 1.